The van der Waals surface area contributed by atoms with Crippen molar-refractivity contribution >= 4 is 17.9 Å². The molecular weight excluding hydrogens is 388 g/mol. The lowest BCUT2D eigenvalue weighted by Crippen LogP contribution is -2.43. The van der Waals surface area contributed by atoms with E-state index in [0.717, 1.165) is 25.2 Å². The maximum absolute atomic E-state index is 11.7. The van der Waals surface area contributed by atoms with Crippen LogP contribution in [0.25, 0.3) is 0 Å². The molecule has 3 N–H and O–H groups in total. The van der Waals surface area contributed by atoms with Crippen molar-refractivity contribution in [3.8, 4) is 0 Å². The Hall–Kier alpha value is -1.63. The molecule has 0 aliphatic carbocycles. The molecule has 0 aromatic carbocycles. The number of carbonyl (C=O) groups is 3. The van der Waals surface area contributed by atoms with E-state index in [2.05, 4.69) is 13.8 Å². The molecule has 0 saturated heterocycles. The van der Waals surface area contributed by atoms with E-state index in [0.29, 0.717) is 6.42 Å². The largest absolute Gasteiger partial charge is 0.481 e. The molecule has 7 heteroatoms. The Bertz CT molecular complexity index is 490. The van der Waals surface area contributed by atoms with Crippen molar-refractivity contribution in [2.75, 3.05) is 6.61 Å². The number of esters is 1. The van der Waals surface area contributed by atoms with Crippen molar-refractivity contribution < 1.29 is 34.4 Å². The number of aliphatic hydroxyl groups is 1. The molecule has 0 radical (unpaired) electrons. The highest BCUT2D eigenvalue weighted by atomic mass is 16.5. The van der Waals surface area contributed by atoms with Gasteiger partial charge in [0.25, 0.3) is 0 Å². The van der Waals surface area contributed by atoms with Gasteiger partial charge in [0.1, 0.15) is 0 Å². The number of rotatable bonds is 20. The van der Waals surface area contributed by atoms with E-state index in [1.165, 1.54) is 57.8 Å². The molecule has 0 heterocycles. The Morgan fingerprint density at radius 1 is 0.733 bits per heavy atom. The number of unbranched alkanes of at least 4 members (excludes halogenated alkanes) is 11. The number of ether oxygens (including phenoxy) is 1. The molecule has 0 bridgehead atoms. The van der Waals surface area contributed by atoms with Gasteiger partial charge in [-0.05, 0) is 12.3 Å². The Morgan fingerprint density at radius 2 is 1.17 bits per heavy atom. The smallest absolute Gasteiger partial charge is 0.336 e. The highest BCUT2D eigenvalue weighted by Crippen LogP contribution is 2.17. The van der Waals surface area contributed by atoms with Crippen molar-refractivity contribution in [2.45, 2.75) is 116 Å². The highest BCUT2D eigenvalue weighted by Gasteiger charge is 2.41. The standard InChI is InChI=1S/C23H42O7/c1-19(2)15-13-11-9-7-5-3-4-6-8-10-12-14-16-30-21(26)18-23(29,22(27)28)17-20(24)25/h19,29H,3-18H2,1-2H3,(H,24,25)(H,27,28). The summed E-state index contributed by atoms with van der Waals surface area (Å²) < 4.78 is 4.93. The fraction of sp³-hybridized carbons (Fsp3) is 0.870. The van der Waals surface area contributed by atoms with Gasteiger partial charge in [-0.3, -0.25) is 9.59 Å². The summed E-state index contributed by atoms with van der Waals surface area (Å²) >= 11 is 0. The third-order valence-electron chi connectivity index (χ3n) is 5.22. The summed E-state index contributed by atoms with van der Waals surface area (Å²) in [6.07, 6.45) is 13.7. The van der Waals surface area contributed by atoms with Gasteiger partial charge in [-0.25, -0.2) is 4.79 Å². The summed E-state index contributed by atoms with van der Waals surface area (Å²) in [4.78, 5) is 33.3. The highest BCUT2D eigenvalue weighted by molar-refractivity contribution is 5.88. The van der Waals surface area contributed by atoms with E-state index in [4.69, 9.17) is 14.9 Å². The monoisotopic (exact) mass is 430 g/mol. The summed E-state index contributed by atoms with van der Waals surface area (Å²) in [6.45, 7) is 4.71. The zero-order valence-electron chi connectivity index (χ0n) is 18.9. The third kappa shape index (κ3) is 16.2. The first-order valence-corrected chi connectivity index (χ1v) is 11.5. The quantitative estimate of drug-likeness (QED) is 0.185. The van der Waals surface area contributed by atoms with Gasteiger partial charge in [0, 0.05) is 0 Å². The maximum Gasteiger partial charge on any atom is 0.336 e. The van der Waals surface area contributed by atoms with Crippen LogP contribution in [0.4, 0.5) is 0 Å². The molecule has 0 aromatic rings. The van der Waals surface area contributed by atoms with Gasteiger partial charge in [0.15, 0.2) is 5.60 Å². The molecule has 0 fully saturated rings. The maximum atomic E-state index is 11.7. The molecule has 0 rings (SSSR count). The van der Waals surface area contributed by atoms with E-state index in [1.54, 1.807) is 0 Å². The average molecular weight is 431 g/mol. The number of carboxylic acids is 2. The molecule has 0 amide bonds. The van der Waals surface area contributed by atoms with Crippen molar-refractivity contribution in [1.82, 2.24) is 0 Å². The minimum atomic E-state index is -2.63. The third-order valence-corrected chi connectivity index (χ3v) is 5.22. The molecule has 1 atom stereocenters. The van der Waals surface area contributed by atoms with Crippen LogP contribution in [0.15, 0.2) is 0 Å². The molecule has 7 nitrogen and oxygen atoms in total. The molecule has 0 aliphatic rings. The van der Waals surface area contributed by atoms with Gasteiger partial charge < -0.3 is 20.1 Å². The first kappa shape index (κ1) is 28.4. The Balaban J connectivity index is 3.54. The number of hydrogen-bond acceptors (Lipinski definition) is 5. The van der Waals surface area contributed by atoms with E-state index >= 15 is 0 Å². The van der Waals surface area contributed by atoms with Gasteiger partial charge in [-0.1, -0.05) is 90.9 Å². The van der Waals surface area contributed by atoms with E-state index in [9.17, 15) is 19.5 Å². The normalized spacial score (nSPS) is 13.2. The number of hydrogen-bond donors (Lipinski definition) is 3. The lowest BCUT2D eigenvalue weighted by molar-refractivity contribution is -0.172. The fourth-order valence-electron chi connectivity index (χ4n) is 3.36. The van der Waals surface area contributed by atoms with Crippen molar-refractivity contribution in [3.05, 3.63) is 0 Å². The number of carboxylic acid groups (broad SMARTS) is 2. The molecule has 0 spiro atoms. The van der Waals surface area contributed by atoms with Crippen molar-refractivity contribution in [3.63, 3.8) is 0 Å². The molecule has 0 aliphatic heterocycles. The van der Waals surface area contributed by atoms with Crippen LogP contribution in [0.1, 0.15) is 110 Å². The molecule has 1 unspecified atom stereocenters. The van der Waals surface area contributed by atoms with Crippen LogP contribution >= 0.6 is 0 Å². The SMILES string of the molecule is CC(C)CCCCCCCCCCCCCCOC(=O)CC(O)(CC(=O)O)C(=O)O. The van der Waals surface area contributed by atoms with Crippen LogP contribution in [-0.4, -0.2) is 45.4 Å². The summed E-state index contributed by atoms with van der Waals surface area (Å²) in [5.74, 6) is -3.31. The summed E-state index contributed by atoms with van der Waals surface area (Å²) in [6, 6.07) is 0. The molecule has 0 saturated carbocycles. The summed E-state index contributed by atoms with van der Waals surface area (Å²) in [5.41, 5.74) is -2.63. The van der Waals surface area contributed by atoms with Crippen LogP contribution in [-0.2, 0) is 19.1 Å². The lowest BCUT2D eigenvalue weighted by Gasteiger charge is -2.20. The van der Waals surface area contributed by atoms with Crippen LogP contribution in [0, 0.1) is 5.92 Å². The minimum absolute atomic E-state index is 0.151. The van der Waals surface area contributed by atoms with Gasteiger partial charge >= 0.3 is 17.9 Å². The topological polar surface area (TPSA) is 121 Å². The van der Waals surface area contributed by atoms with Crippen LogP contribution in [0.2, 0.25) is 0 Å². The van der Waals surface area contributed by atoms with Crippen molar-refractivity contribution in [1.29, 1.82) is 0 Å². The van der Waals surface area contributed by atoms with Crippen LogP contribution in [0.5, 0.6) is 0 Å². The van der Waals surface area contributed by atoms with Crippen LogP contribution < -0.4 is 0 Å². The second-order valence-electron chi connectivity index (χ2n) is 8.73. The second kappa shape index (κ2) is 17.1. The van der Waals surface area contributed by atoms with Gasteiger partial charge in [-0.2, -0.15) is 0 Å². The summed E-state index contributed by atoms with van der Waals surface area (Å²) in [5, 5.41) is 27.4. The average Bonchev–Trinajstić information content (AvgIpc) is 2.63. The van der Waals surface area contributed by atoms with Gasteiger partial charge in [0.05, 0.1) is 19.4 Å². The zero-order chi connectivity index (χ0) is 22.8. The Kier molecular flexibility index (Phi) is 16.2. The Labute approximate surface area is 181 Å². The zero-order valence-corrected chi connectivity index (χ0v) is 18.9. The first-order valence-electron chi connectivity index (χ1n) is 11.5. The predicted octanol–water partition coefficient (Wildman–Crippen LogP) is 4.94. The minimum Gasteiger partial charge on any atom is -0.481 e. The van der Waals surface area contributed by atoms with Gasteiger partial charge in [-0.15, -0.1) is 0 Å². The van der Waals surface area contributed by atoms with Crippen molar-refractivity contribution in [2.24, 2.45) is 5.92 Å². The van der Waals surface area contributed by atoms with Crippen LogP contribution in [0.3, 0.4) is 0 Å². The lowest BCUT2D eigenvalue weighted by atomic mass is 9.96. The molecule has 30 heavy (non-hydrogen) atoms. The first-order chi connectivity index (χ1) is 14.2. The molecular formula is C23H42O7. The second-order valence-corrected chi connectivity index (χ2v) is 8.73. The summed E-state index contributed by atoms with van der Waals surface area (Å²) in [7, 11) is 0. The fourth-order valence-corrected chi connectivity index (χ4v) is 3.36. The predicted molar refractivity (Wildman–Crippen MR) is 115 cm³/mol. The number of carbonyl (C=O) groups excluding carboxylic acids is 1. The Morgan fingerprint density at radius 3 is 1.57 bits per heavy atom. The van der Waals surface area contributed by atoms with E-state index in [-0.39, 0.29) is 6.61 Å². The van der Waals surface area contributed by atoms with E-state index in [1.807, 2.05) is 0 Å². The van der Waals surface area contributed by atoms with E-state index < -0.39 is 36.4 Å². The number of aliphatic carboxylic acids is 2. The molecule has 176 valence electrons. The van der Waals surface area contributed by atoms with Gasteiger partial charge in [0.2, 0.25) is 0 Å². The molecule has 0 aromatic heterocycles.